The summed E-state index contributed by atoms with van der Waals surface area (Å²) in [7, 11) is 1.59. The zero-order valence-corrected chi connectivity index (χ0v) is 22.4. The van der Waals surface area contributed by atoms with Gasteiger partial charge in [-0.1, -0.05) is 12.1 Å². The average molecular weight is 537 g/mol. The quantitative estimate of drug-likeness (QED) is 0.278. The van der Waals surface area contributed by atoms with Crippen molar-refractivity contribution in [3.8, 4) is 17.0 Å². The first kappa shape index (κ1) is 24.6. The molecule has 4 fully saturated rings. The maximum atomic E-state index is 12.3. The summed E-state index contributed by atoms with van der Waals surface area (Å²) < 4.78 is 7.93. The number of methoxy groups -OCH3 is 1. The van der Waals surface area contributed by atoms with Gasteiger partial charge in [-0.15, -0.1) is 0 Å². The number of amides is 1. The highest BCUT2D eigenvalue weighted by atomic mass is 16.5. The lowest BCUT2D eigenvalue weighted by Gasteiger charge is -2.56. The predicted molar refractivity (Wildman–Crippen MR) is 152 cm³/mol. The minimum Gasteiger partial charge on any atom is -0.494 e. The highest BCUT2D eigenvalue weighted by Crippen LogP contribution is 2.58. The lowest BCUT2D eigenvalue weighted by molar-refractivity contribution is -0.0493. The van der Waals surface area contributed by atoms with E-state index in [1.807, 2.05) is 42.6 Å². The number of hydrogen-bond acceptors (Lipinski definition) is 8. The van der Waals surface area contributed by atoms with E-state index in [0.717, 1.165) is 34.7 Å². The van der Waals surface area contributed by atoms with Gasteiger partial charge in [0.1, 0.15) is 11.4 Å². The number of hydrogen-bond donors (Lipinski definition) is 3. The fourth-order valence-electron chi connectivity index (χ4n) is 7.55. The molecule has 4 N–H and O–H groups in total. The summed E-state index contributed by atoms with van der Waals surface area (Å²) in [5.74, 6) is 3.03. The molecule has 0 unspecified atom stereocenters. The zero-order valence-electron chi connectivity index (χ0n) is 22.4. The molecular weight excluding hydrogens is 504 g/mol. The number of carbonyl (C=O) groups is 1. The molecule has 4 aromatic rings. The van der Waals surface area contributed by atoms with Gasteiger partial charge in [-0.05, 0) is 80.5 Å². The maximum Gasteiger partial charge on any atom is 0.254 e. The Kier molecular flexibility index (Phi) is 5.91. The van der Waals surface area contributed by atoms with Gasteiger partial charge in [0.25, 0.3) is 5.91 Å². The molecular formula is C30H32N8O2. The van der Waals surface area contributed by atoms with Gasteiger partial charge in [0.2, 0.25) is 5.95 Å². The van der Waals surface area contributed by atoms with Crippen LogP contribution < -0.4 is 21.1 Å². The van der Waals surface area contributed by atoms with E-state index < -0.39 is 5.91 Å². The average Bonchev–Trinajstić information content (AvgIpc) is 3.42. The van der Waals surface area contributed by atoms with E-state index in [4.69, 9.17) is 15.6 Å². The molecule has 10 nitrogen and oxygen atoms in total. The van der Waals surface area contributed by atoms with Gasteiger partial charge < -0.3 is 21.1 Å². The topological polar surface area (TPSA) is 133 Å². The van der Waals surface area contributed by atoms with Crippen LogP contribution in [0.15, 0.2) is 61.2 Å². The Morgan fingerprint density at radius 3 is 2.45 bits per heavy atom. The number of pyridine rings is 1. The highest BCUT2D eigenvalue weighted by Gasteiger charge is 2.52. The molecule has 0 spiro atoms. The molecule has 0 saturated heterocycles. The number of aromatic nitrogens is 5. The summed E-state index contributed by atoms with van der Waals surface area (Å²) in [4.78, 5) is 25.7. The smallest absolute Gasteiger partial charge is 0.254 e. The molecule has 10 heteroatoms. The van der Waals surface area contributed by atoms with Gasteiger partial charge in [-0.2, -0.15) is 10.1 Å². The van der Waals surface area contributed by atoms with Gasteiger partial charge in [0, 0.05) is 24.2 Å². The number of nitrogens with two attached hydrogens (primary N) is 1. The first-order valence-electron chi connectivity index (χ1n) is 13.8. The molecule has 0 aliphatic heterocycles. The van der Waals surface area contributed by atoms with Crippen LogP contribution in [0.5, 0.6) is 5.75 Å². The lowest BCUT2D eigenvalue weighted by Crippen LogP contribution is -2.52. The molecule has 3 heterocycles. The monoisotopic (exact) mass is 536 g/mol. The van der Waals surface area contributed by atoms with Gasteiger partial charge >= 0.3 is 0 Å². The van der Waals surface area contributed by atoms with E-state index in [1.165, 1.54) is 44.7 Å². The fourth-order valence-corrected chi connectivity index (χ4v) is 7.55. The van der Waals surface area contributed by atoms with E-state index in [1.54, 1.807) is 13.3 Å². The SMILES string of the molecule is COc1c(Nc2nc(Nc3cnn(C45CC6CC(CC(C6)C4)C5)c3)ncc2C(N)=O)cccc1-c1ccccn1. The Morgan fingerprint density at radius 2 is 1.77 bits per heavy atom. The molecule has 204 valence electrons. The second kappa shape index (κ2) is 9.62. The van der Waals surface area contributed by atoms with Crippen LogP contribution in [0.4, 0.5) is 23.1 Å². The third-order valence-corrected chi connectivity index (χ3v) is 8.80. The Balaban J connectivity index is 1.17. The van der Waals surface area contributed by atoms with E-state index in [-0.39, 0.29) is 16.9 Å². The lowest BCUT2D eigenvalue weighted by atomic mass is 9.53. The maximum absolute atomic E-state index is 12.3. The van der Waals surface area contributed by atoms with Crippen LogP contribution in [0.1, 0.15) is 48.9 Å². The van der Waals surface area contributed by atoms with E-state index in [2.05, 4.69) is 36.5 Å². The number of nitrogens with one attached hydrogen (secondary N) is 2. The molecule has 4 bridgehead atoms. The summed E-state index contributed by atoms with van der Waals surface area (Å²) >= 11 is 0. The second-order valence-corrected chi connectivity index (χ2v) is 11.5. The molecule has 0 atom stereocenters. The van der Waals surface area contributed by atoms with Crippen molar-refractivity contribution in [2.45, 2.75) is 44.1 Å². The number of nitrogens with zero attached hydrogens (tertiary/aromatic N) is 5. The van der Waals surface area contributed by atoms with Crippen molar-refractivity contribution >= 4 is 29.0 Å². The van der Waals surface area contributed by atoms with Crippen LogP contribution in [-0.4, -0.2) is 37.7 Å². The van der Waals surface area contributed by atoms with Crippen LogP contribution in [-0.2, 0) is 5.54 Å². The molecule has 40 heavy (non-hydrogen) atoms. The predicted octanol–water partition coefficient (Wildman–Crippen LogP) is 5.26. The van der Waals surface area contributed by atoms with Crippen molar-refractivity contribution in [1.82, 2.24) is 24.7 Å². The molecule has 1 amide bonds. The molecule has 1 aromatic carbocycles. The summed E-state index contributed by atoms with van der Waals surface area (Å²) in [6, 6.07) is 11.3. The normalized spacial score (nSPS) is 24.6. The number of rotatable bonds is 8. The first-order valence-corrected chi connectivity index (χ1v) is 13.8. The Hall–Kier alpha value is -4.47. The fraction of sp³-hybridized carbons (Fsp3) is 0.367. The van der Waals surface area contributed by atoms with Crippen LogP contribution >= 0.6 is 0 Å². The number of carbonyl (C=O) groups excluding carboxylic acids is 1. The number of anilines is 4. The van der Waals surface area contributed by atoms with Crippen molar-refractivity contribution in [3.05, 3.63) is 66.7 Å². The van der Waals surface area contributed by atoms with E-state index >= 15 is 0 Å². The van der Waals surface area contributed by atoms with Crippen molar-refractivity contribution in [3.63, 3.8) is 0 Å². The molecule has 4 saturated carbocycles. The van der Waals surface area contributed by atoms with Gasteiger partial charge in [-0.25, -0.2) is 4.98 Å². The molecule has 0 radical (unpaired) electrons. The van der Waals surface area contributed by atoms with Crippen LogP contribution in [0, 0.1) is 17.8 Å². The summed E-state index contributed by atoms with van der Waals surface area (Å²) in [5.41, 5.74) is 8.97. The first-order chi connectivity index (χ1) is 19.5. The molecule has 4 aliphatic rings. The summed E-state index contributed by atoms with van der Waals surface area (Å²) in [5, 5.41) is 11.3. The number of para-hydroxylation sites is 1. The number of benzene rings is 1. The van der Waals surface area contributed by atoms with Crippen molar-refractivity contribution in [1.29, 1.82) is 0 Å². The Morgan fingerprint density at radius 1 is 1.00 bits per heavy atom. The van der Waals surface area contributed by atoms with E-state index in [9.17, 15) is 4.79 Å². The van der Waals surface area contributed by atoms with Crippen LogP contribution in [0.2, 0.25) is 0 Å². The molecule has 3 aromatic heterocycles. The number of primary amides is 1. The van der Waals surface area contributed by atoms with Crippen LogP contribution in [0.3, 0.4) is 0 Å². The second-order valence-electron chi connectivity index (χ2n) is 11.5. The zero-order chi connectivity index (χ0) is 27.3. The van der Waals surface area contributed by atoms with Crippen LogP contribution in [0.25, 0.3) is 11.3 Å². The standard InChI is InChI=1S/C30H32N8O2/c1-40-26-22(24-6-2-3-8-32-24)5-4-7-25(26)36-28-23(27(31)39)16-33-29(37-28)35-21-15-34-38(17-21)30-12-18-9-19(13-30)11-20(10-18)14-30/h2-8,15-20H,9-14H2,1H3,(H2,31,39)(H2,33,35,36,37). The number of ether oxygens (including phenoxy) is 1. The van der Waals surface area contributed by atoms with Gasteiger partial charge in [-0.3, -0.25) is 14.5 Å². The van der Waals surface area contributed by atoms with Crippen molar-refractivity contribution in [2.24, 2.45) is 23.5 Å². The van der Waals surface area contributed by atoms with Crippen molar-refractivity contribution < 1.29 is 9.53 Å². The van der Waals surface area contributed by atoms with Crippen molar-refractivity contribution in [2.75, 3.05) is 17.7 Å². The van der Waals surface area contributed by atoms with Gasteiger partial charge in [0.15, 0.2) is 5.75 Å². The minimum absolute atomic E-state index is 0.132. The molecule has 4 aliphatic carbocycles. The third kappa shape index (κ3) is 4.33. The van der Waals surface area contributed by atoms with E-state index in [0.29, 0.717) is 17.4 Å². The Labute approximate surface area is 232 Å². The largest absolute Gasteiger partial charge is 0.494 e. The summed E-state index contributed by atoms with van der Waals surface area (Å²) in [6.45, 7) is 0. The minimum atomic E-state index is -0.636. The molecule has 8 rings (SSSR count). The summed E-state index contributed by atoms with van der Waals surface area (Å²) in [6.07, 6.45) is 14.9. The highest BCUT2D eigenvalue weighted by molar-refractivity contribution is 5.98. The van der Waals surface area contributed by atoms with Gasteiger partial charge in [0.05, 0.1) is 35.9 Å². The third-order valence-electron chi connectivity index (χ3n) is 8.80. The Bertz CT molecular complexity index is 1530.